The van der Waals surface area contributed by atoms with E-state index in [-0.39, 0.29) is 17.5 Å². The van der Waals surface area contributed by atoms with Crippen LogP contribution < -0.4 is 0 Å². The number of benzene rings is 1. The van der Waals surface area contributed by atoms with E-state index in [1.807, 2.05) is 6.07 Å². The molecule has 142 valence electrons. The number of carbonyl (C=O) groups is 2. The van der Waals surface area contributed by atoms with Crippen molar-refractivity contribution in [2.45, 2.75) is 44.8 Å². The number of aryl methyl sites for hydroxylation is 1. The summed E-state index contributed by atoms with van der Waals surface area (Å²) < 4.78 is 0. The highest BCUT2D eigenvalue weighted by Crippen LogP contribution is 2.23. The van der Waals surface area contributed by atoms with E-state index in [1.165, 1.54) is 4.90 Å². The fourth-order valence-electron chi connectivity index (χ4n) is 3.36. The number of aliphatic hydroxyl groups is 2. The van der Waals surface area contributed by atoms with Crippen LogP contribution in [0.3, 0.4) is 0 Å². The first-order valence-electron chi connectivity index (χ1n) is 9.34. The van der Waals surface area contributed by atoms with Crippen LogP contribution in [0.4, 0.5) is 0 Å². The van der Waals surface area contributed by atoms with Crippen LogP contribution in [-0.2, 0) is 6.42 Å². The molecule has 0 aliphatic carbocycles. The van der Waals surface area contributed by atoms with Gasteiger partial charge in [0.1, 0.15) is 0 Å². The van der Waals surface area contributed by atoms with Crippen molar-refractivity contribution in [3.63, 3.8) is 0 Å². The molecule has 6 nitrogen and oxygen atoms in total. The highest BCUT2D eigenvalue weighted by molar-refractivity contribution is 6.21. The summed E-state index contributed by atoms with van der Waals surface area (Å²) in [6.07, 6.45) is 5.76. The predicted molar refractivity (Wildman–Crippen MR) is 100 cm³/mol. The van der Waals surface area contributed by atoms with Gasteiger partial charge in [-0.05, 0) is 49.1 Å². The number of hydrogen-bond acceptors (Lipinski definition) is 5. The van der Waals surface area contributed by atoms with E-state index in [4.69, 9.17) is 10.2 Å². The Labute approximate surface area is 158 Å². The highest BCUT2D eigenvalue weighted by Gasteiger charge is 2.34. The van der Waals surface area contributed by atoms with Crippen molar-refractivity contribution < 1.29 is 19.8 Å². The molecular weight excluding hydrogens is 344 g/mol. The van der Waals surface area contributed by atoms with E-state index in [0.29, 0.717) is 17.7 Å². The number of pyridine rings is 1. The fourth-order valence-corrected chi connectivity index (χ4v) is 3.36. The second kappa shape index (κ2) is 8.88. The predicted octanol–water partition coefficient (Wildman–Crippen LogP) is 2.85. The van der Waals surface area contributed by atoms with Gasteiger partial charge >= 0.3 is 0 Å². The van der Waals surface area contributed by atoms with E-state index < -0.39 is 6.29 Å². The van der Waals surface area contributed by atoms with Gasteiger partial charge < -0.3 is 10.2 Å². The van der Waals surface area contributed by atoms with Crippen LogP contribution >= 0.6 is 0 Å². The minimum atomic E-state index is -1.54. The Hall–Kier alpha value is -2.57. The monoisotopic (exact) mass is 368 g/mol. The molecule has 2 N–H and O–H groups in total. The molecule has 1 aliphatic heterocycles. The lowest BCUT2D eigenvalue weighted by molar-refractivity contribution is -0.0458. The number of fused-ring (bicyclic) bond motifs is 1. The third-order valence-electron chi connectivity index (χ3n) is 4.84. The average molecular weight is 368 g/mol. The smallest absolute Gasteiger partial charge is 0.261 e. The Balaban J connectivity index is 1.34. The van der Waals surface area contributed by atoms with Crippen LogP contribution in [0.25, 0.3) is 0 Å². The molecule has 0 radical (unpaired) electrons. The summed E-state index contributed by atoms with van der Waals surface area (Å²) in [6.45, 7) is 0.467. The van der Waals surface area contributed by atoms with Crippen LogP contribution in [0.5, 0.6) is 0 Å². The summed E-state index contributed by atoms with van der Waals surface area (Å²) in [6, 6.07) is 10.6. The van der Waals surface area contributed by atoms with Crippen molar-refractivity contribution >= 4 is 11.8 Å². The number of imide groups is 1. The number of amides is 2. The minimum absolute atomic E-state index is 0.185. The zero-order chi connectivity index (χ0) is 19.2. The van der Waals surface area contributed by atoms with Crippen molar-refractivity contribution in [3.05, 3.63) is 65.0 Å². The molecule has 1 aliphatic rings. The van der Waals surface area contributed by atoms with Crippen molar-refractivity contribution in [3.8, 4) is 0 Å². The van der Waals surface area contributed by atoms with Gasteiger partial charge in [-0.1, -0.05) is 31.4 Å². The zero-order valence-corrected chi connectivity index (χ0v) is 15.2. The molecule has 27 heavy (non-hydrogen) atoms. The van der Waals surface area contributed by atoms with Gasteiger partial charge in [0.25, 0.3) is 11.8 Å². The SMILES string of the molecule is O=C1c2ccccc2C(=O)N1CCCCCCCc1ccnc(C(O)O)c1. The second-order valence-electron chi connectivity index (χ2n) is 6.79. The topological polar surface area (TPSA) is 90.7 Å². The molecular formula is C21H24N2O4. The fraction of sp³-hybridized carbons (Fsp3) is 0.381. The molecule has 2 aromatic rings. The number of aromatic nitrogens is 1. The molecule has 0 atom stereocenters. The third kappa shape index (κ3) is 4.59. The van der Waals surface area contributed by atoms with Crippen LogP contribution in [0.2, 0.25) is 0 Å². The van der Waals surface area contributed by atoms with E-state index in [1.54, 1.807) is 36.5 Å². The van der Waals surface area contributed by atoms with Crippen LogP contribution in [0.1, 0.15) is 70.4 Å². The summed E-state index contributed by atoms with van der Waals surface area (Å²) in [4.78, 5) is 29.8. The van der Waals surface area contributed by atoms with E-state index in [0.717, 1.165) is 44.1 Å². The van der Waals surface area contributed by atoms with E-state index in [9.17, 15) is 9.59 Å². The summed E-state index contributed by atoms with van der Waals surface area (Å²) >= 11 is 0. The molecule has 3 rings (SSSR count). The maximum absolute atomic E-state index is 12.3. The molecule has 6 heteroatoms. The third-order valence-corrected chi connectivity index (χ3v) is 4.84. The van der Waals surface area contributed by atoms with Crippen LogP contribution in [0, 0.1) is 0 Å². The van der Waals surface area contributed by atoms with Crippen molar-refractivity contribution in [2.24, 2.45) is 0 Å². The van der Waals surface area contributed by atoms with E-state index in [2.05, 4.69) is 4.98 Å². The van der Waals surface area contributed by atoms with Crippen LogP contribution in [-0.4, -0.2) is 38.5 Å². The Morgan fingerprint density at radius 1 is 0.889 bits per heavy atom. The number of rotatable bonds is 9. The Morgan fingerprint density at radius 2 is 1.52 bits per heavy atom. The summed E-state index contributed by atoms with van der Waals surface area (Å²) in [7, 11) is 0. The lowest BCUT2D eigenvalue weighted by Crippen LogP contribution is -2.30. The normalized spacial score (nSPS) is 13.5. The molecule has 0 saturated heterocycles. The Bertz CT molecular complexity index is 784. The molecule has 0 unspecified atom stereocenters. The first-order valence-corrected chi connectivity index (χ1v) is 9.34. The number of aliphatic hydroxyl groups excluding tert-OH is 1. The van der Waals surface area contributed by atoms with Crippen molar-refractivity contribution in [1.29, 1.82) is 0 Å². The first kappa shape index (κ1) is 19.2. The zero-order valence-electron chi connectivity index (χ0n) is 15.2. The number of carbonyl (C=O) groups excluding carboxylic acids is 2. The number of unbranched alkanes of at least 4 members (excludes halogenated alkanes) is 4. The lowest BCUT2D eigenvalue weighted by Gasteiger charge is -2.13. The van der Waals surface area contributed by atoms with Gasteiger partial charge in [0.05, 0.1) is 16.8 Å². The molecule has 2 heterocycles. The molecule has 0 saturated carbocycles. The van der Waals surface area contributed by atoms with Gasteiger partial charge in [-0.2, -0.15) is 0 Å². The molecule has 0 fully saturated rings. The average Bonchev–Trinajstić information content (AvgIpc) is 2.92. The van der Waals surface area contributed by atoms with Crippen LogP contribution in [0.15, 0.2) is 42.6 Å². The van der Waals surface area contributed by atoms with Gasteiger partial charge in [0.2, 0.25) is 0 Å². The second-order valence-corrected chi connectivity index (χ2v) is 6.79. The minimum Gasteiger partial charge on any atom is -0.363 e. The van der Waals surface area contributed by atoms with Gasteiger partial charge in [-0.15, -0.1) is 0 Å². The molecule has 1 aromatic heterocycles. The largest absolute Gasteiger partial charge is 0.363 e. The van der Waals surface area contributed by atoms with Gasteiger partial charge in [0.15, 0.2) is 6.29 Å². The Kier molecular flexibility index (Phi) is 6.32. The Morgan fingerprint density at radius 3 is 2.19 bits per heavy atom. The summed E-state index contributed by atoms with van der Waals surface area (Å²) in [5.41, 5.74) is 2.33. The number of hydrogen-bond donors (Lipinski definition) is 2. The molecule has 0 spiro atoms. The molecule has 0 bridgehead atoms. The van der Waals surface area contributed by atoms with E-state index >= 15 is 0 Å². The lowest BCUT2D eigenvalue weighted by atomic mass is 10.1. The first-order chi connectivity index (χ1) is 13.1. The number of nitrogens with zero attached hydrogens (tertiary/aromatic N) is 2. The highest BCUT2D eigenvalue weighted by atomic mass is 16.5. The standard InChI is InChI=1S/C21H24N2O4/c24-19-16-9-5-6-10-17(16)20(25)23(19)13-7-3-1-2-4-8-15-11-12-22-18(14-15)21(26)27/h5-6,9-12,14,21,26-27H,1-4,7-8,13H2. The molecule has 2 amide bonds. The maximum Gasteiger partial charge on any atom is 0.261 e. The molecule has 1 aromatic carbocycles. The van der Waals surface area contributed by atoms with Crippen molar-refractivity contribution in [1.82, 2.24) is 9.88 Å². The summed E-state index contributed by atoms with van der Waals surface area (Å²) in [5, 5.41) is 18.3. The maximum atomic E-state index is 12.3. The van der Waals surface area contributed by atoms with Gasteiger partial charge in [-0.25, -0.2) is 0 Å². The van der Waals surface area contributed by atoms with Crippen molar-refractivity contribution in [2.75, 3.05) is 6.54 Å². The quantitative estimate of drug-likeness (QED) is 0.403. The summed E-state index contributed by atoms with van der Waals surface area (Å²) in [5.74, 6) is -0.370. The van der Waals surface area contributed by atoms with Gasteiger partial charge in [0, 0.05) is 12.7 Å². The van der Waals surface area contributed by atoms with Gasteiger partial charge in [-0.3, -0.25) is 19.5 Å².